The van der Waals surface area contributed by atoms with E-state index in [1.165, 1.54) is 16.2 Å². The molecule has 2 aliphatic carbocycles. The number of H-pyrrole nitrogens is 1. The molecule has 44 heavy (non-hydrogen) atoms. The van der Waals surface area contributed by atoms with E-state index in [9.17, 15) is 19.2 Å². The molecule has 1 aromatic heterocycles. The molecule has 4 aliphatic rings. The number of anilines is 2. The average molecular weight is 644 g/mol. The first kappa shape index (κ1) is 27.7. The van der Waals surface area contributed by atoms with Crippen molar-refractivity contribution in [2.24, 2.45) is 29.6 Å². The van der Waals surface area contributed by atoms with Crippen LogP contribution in [0.4, 0.5) is 11.4 Å². The minimum Gasteiger partial charge on any atom is -0.484 e. The molecule has 2 N–H and O–H groups in total. The summed E-state index contributed by atoms with van der Waals surface area (Å²) in [5.41, 5.74) is 2.21. The van der Waals surface area contributed by atoms with Crippen molar-refractivity contribution in [3.8, 4) is 5.75 Å². The average Bonchev–Trinajstić information content (AvgIpc) is 3.76. The highest BCUT2D eigenvalue weighted by Gasteiger charge is 2.69. The molecular weight excluding hydrogens is 618 g/mol. The Morgan fingerprint density at radius 2 is 1.70 bits per heavy atom. The number of carbonyl (C=O) groups excluding carboxylic acids is 3. The highest BCUT2D eigenvalue weighted by atomic mass is 35.5. The molecule has 11 heteroatoms. The summed E-state index contributed by atoms with van der Waals surface area (Å²) < 4.78 is 5.91. The molecule has 3 fully saturated rings. The van der Waals surface area contributed by atoms with Gasteiger partial charge < -0.3 is 15.0 Å². The van der Waals surface area contributed by atoms with Gasteiger partial charge in [0.1, 0.15) is 5.75 Å². The molecule has 7 atom stereocenters. The number of hydrogen-bond donors (Lipinski definition) is 2. The van der Waals surface area contributed by atoms with Crippen molar-refractivity contribution in [2.45, 2.75) is 22.6 Å². The normalized spacial score (nSPS) is 28.0. The fourth-order valence-electron chi connectivity index (χ4n) is 7.90. The quantitative estimate of drug-likeness (QED) is 0.258. The number of nitrogens with zero attached hydrogens (tertiary/aromatic N) is 1. The number of thioether (sulfide) groups is 1. The summed E-state index contributed by atoms with van der Waals surface area (Å²) in [5.74, 6) is -0.715. The van der Waals surface area contributed by atoms with Crippen LogP contribution < -0.4 is 19.8 Å². The zero-order valence-electron chi connectivity index (χ0n) is 23.1. The number of aromatic nitrogens is 1. The number of amides is 3. The minimum atomic E-state index is -0.370. The number of rotatable bonds is 6. The number of benzene rings is 3. The van der Waals surface area contributed by atoms with Gasteiger partial charge in [-0.3, -0.25) is 24.1 Å². The predicted molar refractivity (Wildman–Crippen MR) is 169 cm³/mol. The monoisotopic (exact) mass is 643 g/mol. The van der Waals surface area contributed by atoms with E-state index in [0.29, 0.717) is 22.1 Å². The Labute approximate surface area is 265 Å². The van der Waals surface area contributed by atoms with Crippen molar-refractivity contribution < 1.29 is 19.1 Å². The molecule has 8 rings (SSSR count). The van der Waals surface area contributed by atoms with Gasteiger partial charge in [0, 0.05) is 26.8 Å². The lowest BCUT2D eigenvalue weighted by molar-refractivity contribution is -0.123. The molecule has 4 aromatic rings. The third-order valence-electron chi connectivity index (χ3n) is 9.45. The van der Waals surface area contributed by atoms with Gasteiger partial charge in [0.25, 0.3) is 5.91 Å². The van der Waals surface area contributed by atoms with E-state index in [1.807, 2.05) is 54.6 Å². The Kier molecular flexibility index (Phi) is 6.69. The maximum atomic E-state index is 13.9. The lowest BCUT2D eigenvalue weighted by Crippen LogP contribution is -2.42. The van der Waals surface area contributed by atoms with Crippen LogP contribution in [0, 0.1) is 29.6 Å². The number of ether oxygens (including phenoxy) is 1. The van der Waals surface area contributed by atoms with E-state index in [2.05, 4.69) is 10.3 Å². The topological polar surface area (TPSA) is 109 Å². The summed E-state index contributed by atoms with van der Waals surface area (Å²) in [6.07, 6.45) is 0.814. The third kappa shape index (κ3) is 4.42. The zero-order valence-corrected chi connectivity index (χ0v) is 25.5. The lowest BCUT2D eigenvalue weighted by Gasteiger charge is -2.43. The Balaban J connectivity index is 1.09. The number of imide groups is 1. The summed E-state index contributed by atoms with van der Waals surface area (Å²) in [6.45, 7) is -0.179. The summed E-state index contributed by atoms with van der Waals surface area (Å²) in [4.78, 5) is 58.1. The molecule has 2 saturated carbocycles. The van der Waals surface area contributed by atoms with Gasteiger partial charge in [-0.2, -0.15) is 0 Å². The molecule has 3 aromatic carbocycles. The SMILES string of the molecule is O=C(COc1cccc([C@@H]2c3sc(=O)[nH]c3S[C@@H]3[C@@H]4C[C@@H]([C@@H]5C(=O)N(c6ccccc6)C(=O)[C@@H]45)[C@H]23)c1)Nc1ccc(Cl)cc1. The Morgan fingerprint density at radius 3 is 2.48 bits per heavy atom. The fourth-order valence-corrected chi connectivity index (χ4v) is 10.9. The van der Waals surface area contributed by atoms with Crippen molar-refractivity contribution in [2.75, 3.05) is 16.8 Å². The first-order valence-electron chi connectivity index (χ1n) is 14.5. The van der Waals surface area contributed by atoms with Crippen LogP contribution in [-0.2, 0) is 14.4 Å². The van der Waals surface area contributed by atoms with Crippen molar-refractivity contribution >= 4 is 63.8 Å². The number of nitrogens with one attached hydrogen (secondary N) is 2. The second-order valence-corrected chi connectivity index (χ2v) is 14.4. The number of aromatic amines is 1. The second kappa shape index (κ2) is 10.6. The molecule has 0 spiro atoms. The van der Waals surface area contributed by atoms with Crippen LogP contribution in [0.1, 0.15) is 22.8 Å². The summed E-state index contributed by atoms with van der Waals surface area (Å²) in [7, 11) is 0. The summed E-state index contributed by atoms with van der Waals surface area (Å²) >= 11 is 8.81. The molecule has 3 heterocycles. The van der Waals surface area contributed by atoms with Crippen LogP contribution in [0.15, 0.2) is 88.7 Å². The summed E-state index contributed by atoms with van der Waals surface area (Å²) in [6, 6.07) is 23.7. The molecular formula is C33H26ClN3O5S2. The van der Waals surface area contributed by atoms with Gasteiger partial charge in [-0.1, -0.05) is 53.3 Å². The minimum absolute atomic E-state index is 0.0118. The van der Waals surface area contributed by atoms with Crippen molar-refractivity contribution in [1.82, 2.24) is 4.98 Å². The molecule has 1 saturated heterocycles. The fraction of sp³-hybridized carbons (Fsp3) is 0.273. The smallest absolute Gasteiger partial charge is 0.305 e. The van der Waals surface area contributed by atoms with Crippen LogP contribution >= 0.6 is 34.7 Å². The van der Waals surface area contributed by atoms with Crippen LogP contribution in [0.3, 0.4) is 0 Å². The Morgan fingerprint density at radius 1 is 0.955 bits per heavy atom. The first-order valence-corrected chi connectivity index (χ1v) is 16.6. The predicted octanol–water partition coefficient (Wildman–Crippen LogP) is 5.79. The number of thiazole rings is 1. The Bertz CT molecular complexity index is 1860. The van der Waals surface area contributed by atoms with E-state index in [0.717, 1.165) is 21.9 Å². The molecule has 0 radical (unpaired) electrons. The number of halogens is 1. The van der Waals surface area contributed by atoms with Crippen molar-refractivity contribution in [3.63, 3.8) is 0 Å². The first-order chi connectivity index (χ1) is 21.4. The highest BCUT2D eigenvalue weighted by Crippen LogP contribution is 2.68. The summed E-state index contributed by atoms with van der Waals surface area (Å²) in [5, 5.41) is 4.32. The van der Waals surface area contributed by atoms with Gasteiger partial charge in [0.05, 0.1) is 22.5 Å². The van der Waals surface area contributed by atoms with Crippen molar-refractivity contribution in [1.29, 1.82) is 0 Å². The number of fused-ring (bicyclic) bond motifs is 9. The largest absolute Gasteiger partial charge is 0.484 e. The maximum Gasteiger partial charge on any atom is 0.305 e. The van der Waals surface area contributed by atoms with E-state index < -0.39 is 0 Å². The van der Waals surface area contributed by atoms with Crippen LogP contribution in [0.25, 0.3) is 0 Å². The van der Waals surface area contributed by atoms with E-state index >= 15 is 0 Å². The van der Waals surface area contributed by atoms with Crippen LogP contribution in [0.2, 0.25) is 5.02 Å². The van der Waals surface area contributed by atoms with E-state index in [-0.39, 0.29) is 70.0 Å². The van der Waals surface area contributed by atoms with E-state index in [4.69, 9.17) is 16.3 Å². The molecule has 3 amide bonds. The molecule has 0 unspecified atom stereocenters. The highest BCUT2D eigenvalue weighted by molar-refractivity contribution is 8.00. The van der Waals surface area contributed by atoms with Gasteiger partial charge in [0.2, 0.25) is 11.8 Å². The number of para-hydroxylation sites is 1. The third-order valence-corrected chi connectivity index (χ3v) is 12.3. The van der Waals surface area contributed by atoms with Crippen molar-refractivity contribution in [3.05, 3.63) is 104 Å². The molecule has 2 bridgehead atoms. The standard InChI is InChI=1S/C33H26ClN3O5S2/c34-17-9-11-18(12-10-17)35-23(38)15-42-20-8-4-5-16(13-20)24-25-21-14-22(28(25)43-30-29(24)44-33(41)36-30)27-26(21)31(39)37(32(27)40)19-6-2-1-3-7-19/h1-13,21-22,24-28H,14-15H2,(H,35,38)(H,36,41)/t21-,22-,24+,25-,26+,27+,28-/m1/s1. The number of hydrogen-bond acceptors (Lipinski definition) is 7. The van der Waals surface area contributed by atoms with Gasteiger partial charge in [-0.05, 0) is 78.3 Å². The van der Waals surface area contributed by atoms with Gasteiger partial charge in [0.15, 0.2) is 6.61 Å². The maximum absolute atomic E-state index is 13.9. The molecule has 8 nitrogen and oxygen atoms in total. The lowest BCUT2D eigenvalue weighted by atomic mass is 9.68. The van der Waals surface area contributed by atoms with Gasteiger partial charge >= 0.3 is 4.87 Å². The van der Waals surface area contributed by atoms with Crippen LogP contribution in [-0.4, -0.2) is 34.6 Å². The van der Waals surface area contributed by atoms with E-state index in [1.54, 1.807) is 36.0 Å². The second-order valence-electron chi connectivity index (χ2n) is 11.7. The van der Waals surface area contributed by atoms with Gasteiger partial charge in [-0.15, -0.1) is 11.8 Å². The van der Waals surface area contributed by atoms with Crippen LogP contribution in [0.5, 0.6) is 5.75 Å². The Hall–Kier alpha value is -3.86. The molecule has 222 valence electrons. The molecule has 2 aliphatic heterocycles. The zero-order chi connectivity index (χ0) is 30.1. The number of carbonyl (C=O) groups is 3. The van der Waals surface area contributed by atoms with Gasteiger partial charge in [-0.25, -0.2) is 0 Å².